The maximum atomic E-state index is 12.2. The third-order valence-electron chi connectivity index (χ3n) is 4.12. The number of nitrogens with two attached hydrogens (primary N) is 1. The molecule has 1 aromatic carbocycles. The molecule has 0 aliphatic carbocycles. The highest BCUT2D eigenvalue weighted by Crippen LogP contribution is 2.29. The zero-order valence-corrected chi connectivity index (χ0v) is 13.7. The molecule has 3 rings (SSSR count). The molecule has 0 unspecified atom stereocenters. The summed E-state index contributed by atoms with van der Waals surface area (Å²) in [4.78, 5) is 14.2. The Bertz CT molecular complexity index is 701. The smallest absolute Gasteiger partial charge is 0.237 e. The monoisotopic (exact) mass is 333 g/mol. The summed E-state index contributed by atoms with van der Waals surface area (Å²) in [6, 6.07) is 11.1. The van der Waals surface area contributed by atoms with Gasteiger partial charge in [0, 0.05) is 18.2 Å². The van der Waals surface area contributed by atoms with Crippen LogP contribution in [0.3, 0.4) is 0 Å². The van der Waals surface area contributed by atoms with Crippen LogP contribution in [0.4, 0.5) is 0 Å². The van der Waals surface area contributed by atoms with E-state index in [0.717, 1.165) is 12.1 Å². The molecule has 0 spiro atoms. The Kier molecular flexibility index (Phi) is 4.71. The highest BCUT2D eigenvalue weighted by atomic mass is 35.5. The molecule has 1 aromatic heterocycles. The van der Waals surface area contributed by atoms with E-state index >= 15 is 0 Å². The number of nitrogens with zero attached hydrogens (tertiary/aromatic N) is 1. The van der Waals surface area contributed by atoms with Crippen molar-refractivity contribution in [3.8, 4) is 11.3 Å². The van der Waals surface area contributed by atoms with Crippen LogP contribution < -0.4 is 11.1 Å². The van der Waals surface area contributed by atoms with Crippen molar-refractivity contribution in [2.45, 2.75) is 25.0 Å². The molecular formula is C17H20ClN3O2. The van der Waals surface area contributed by atoms with Crippen LogP contribution in [0, 0.1) is 0 Å². The number of likely N-dealkylation sites (N-methyl/N-ethyl adjacent to an activating group) is 1. The van der Waals surface area contributed by atoms with E-state index in [1.54, 1.807) is 0 Å². The van der Waals surface area contributed by atoms with Crippen LogP contribution in [-0.4, -0.2) is 36.5 Å². The van der Waals surface area contributed by atoms with Gasteiger partial charge in [0.2, 0.25) is 5.91 Å². The first-order chi connectivity index (χ1) is 11.0. The Labute approximate surface area is 140 Å². The molecule has 6 heteroatoms. The van der Waals surface area contributed by atoms with Crippen molar-refractivity contribution in [1.29, 1.82) is 0 Å². The number of nitrogens with one attached hydrogen (secondary N) is 1. The van der Waals surface area contributed by atoms with Gasteiger partial charge in [-0.2, -0.15) is 0 Å². The van der Waals surface area contributed by atoms with E-state index in [2.05, 4.69) is 5.32 Å². The standard InChI is InChI=1S/C17H20ClN3O2/c1-21-10-11(19)8-15(21)17(22)20-9-12-6-7-16(23-12)13-4-2-3-5-14(13)18/h2-7,11,15H,8-10,19H2,1H3,(H,20,22)/t11-,15-/m0/s1. The number of benzene rings is 1. The predicted molar refractivity (Wildman–Crippen MR) is 90.0 cm³/mol. The number of hydrogen-bond acceptors (Lipinski definition) is 4. The van der Waals surface area contributed by atoms with Crippen molar-refractivity contribution in [1.82, 2.24) is 10.2 Å². The van der Waals surface area contributed by atoms with Gasteiger partial charge in [0.05, 0.1) is 17.6 Å². The molecule has 122 valence electrons. The first kappa shape index (κ1) is 16.1. The lowest BCUT2D eigenvalue weighted by atomic mass is 10.1. The molecule has 0 saturated carbocycles. The van der Waals surface area contributed by atoms with E-state index in [4.69, 9.17) is 21.8 Å². The molecule has 1 saturated heterocycles. The molecule has 0 bridgehead atoms. The van der Waals surface area contributed by atoms with Crippen LogP contribution in [0.2, 0.25) is 5.02 Å². The van der Waals surface area contributed by atoms with Gasteiger partial charge in [-0.05, 0) is 37.7 Å². The van der Waals surface area contributed by atoms with Gasteiger partial charge in [-0.3, -0.25) is 9.69 Å². The van der Waals surface area contributed by atoms with E-state index in [-0.39, 0.29) is 18.0 Å². The van der Waals surface area contributed by atoms with Crippen LogP contribution in [0.25, 0.3) is 11.3 Å². The number of carbonyl (C=O) groups excluding carboxylic acids is 1. The molecule has 3 N–H and O–H groups in total. The quantitative estimate of drug-likeness (QED) is 0.900. The average Bonchev–Trinajstić information content (AvgIpc) is 3.12. The molecule has 0 radical (unpaired) electrons. The summed E-state index contributed by atoms with van der Waals surface area (Å²) in [6.07, 6.45) is 0.686. The van der Waals surface area contributed by atoms with Crippen molar-refractivity contribution in [2.24, 2.45) is 5.73 Å². The van der Waals surface area contributed by atoms with Crippen molar-refractivity contribution < 1.29 is 9.21 Å². The third-order valence-corrected chi connectivity index (χ3v) is 4.45. The van der Waals surface area contributed by atoms with Gasteiger partial charge in [-0.25, -0.2) is 0 Å². The fourth-order valence-electron chi connectivity index (χ4n) is 2.92. The normalized spacial score (nSPS) is 21.5. The fourth-order valence-corrected chi connectivity index (χ4v) is 3.15. The van der Waals surface area contributed by atoms with Crippen molar-refractivity contribution in [3.63, 3.8) is 0 Å². The van der Waals surface area contributed by atoms with Gasteiger partial charge in [0.1, 0.15) is 11.5 Å². The first-order valence-electron chi connectivity index (χ1n) is 7.61. The summed E-state index contributed by atoms with van der Waals surface area (Å²) in [6.45, 7) is 1.10. The predicted octanol–water partition coefficient (Wildman–Crippen LogP) is 2.25. The second-order valence-electron chi connectivity index (χ2n) is 5.91. The van der Waals surface area contributed by atoms with Gasteiger partial charge in [0.15, 0.2) is 0 Å². The lowest BCUT2D eigenvalue weighted by Gasteiger charge is -2.17. The summed E-state index contributed by atoms with van der Waals surface area (Å²) in [5, 5.41) is 3.55. The lowest BCUT2D eigenvalue weighted by molar-refractivity contribution is -0.125. The molecule has 5 nitrogen and oxygen atoms in total. The van der Waals surface area contributed by atoms with Crippen LogP contribution >= 0.6 is 11.6 Å². The molecule has 2 aromatic rings. The second-order valence-corrected chi connectivity index (χ2v) is 6.32. The van der Waals surface area contributed by atoms with E-state index in [1.165, 1.54) is 0 Å². The largest absolute Gasteiger partial charge is 0.459 e. The molecule has 23 heavy (non-hydrogen) atoms. The molecular weight excluding hydrogens is 314 g/mol. The van der Waals surface area contributed by atoms with E-state index in [9.17, 15) is 4.79 Å². The zero-order valence-electron chi connectivity index (χ0n) is 13.0. The number of carbonyl (C=O) groups is 1. The van der Waals surface area contributed by atoms with Gasteiger partial charge in [-0.1, -0.05) is 23.7 Å². The van der Waals surface area contributed by atoms with E-state index < -0.39 is 0 Å². The van der Waals surface area contributed by atoms with Crippen LogP contribution in [0.15, 0.2) is 40.8 Å². The average molecular weight is 334 g/mol. The summed E-state index contributed by atoms with van der Waals surface area (Å²) >= 11 is 6.16. The molecule has 1 amide bonds. The number of rotatable bonds is 4. The molecule has 1 aliphatic rings. The molecule has 1 aliphatic heterocycles. The van der Waals surface area contributed by atoms with Gasteiger partial charge < -0.3 is 15.5 Å². The summed E-state index contributed by atoms with van der Waals surface area (Å²) in [7, 11) is 1.92. The fraction of sp³-hybridized carbons (Fsp3) is 0.353. The minimum absolute atomic E-state index is 0.0175. The first-order valence-corrected chi connectivity index (χ1v) is 7.99. The summed E-state index contributed by atoms with van der Waals surface area (Å²) in [5.41, 5.74) is 6.73. The Morgan fingerprint density at radius 3 is 2.87 bits per heavy atom. The number of likely N-dealkylation sites (tertiary alicyclic amines) is 1. The topological polar surface area (TPSA) is 71.5 Å². The van der Waals surface area contributed by atoms with E-state index in [1.807, 2.05) is 48.3 Å². The van der Waals surface area contributed by atoms with E-state index in [0.29, 0.717) is 29.5 Å². The highest BCUT2D eigenvalue weighted by molar-refractivity contribution is 6.33. The Hall–Kier alpha value is -1.82. The van der Waals surface area contributed by atoms with Gasteiger partial charge in [-0.15, -0.1) is 0 Å². The third kappa shape index (κ3) is 3.58. The number of halogens is 1. The summed E-state index contributed by atoms with van der Waals surface area (Å²) < 4.78 is 5.77. The Morgan fingerprint density at radius 1 is 1.39 bits per heavy atom. The van der Waals surface area contributed by atoms with Crippen molar-refractivity contribution in [2.75, 3.05) is 13.6 Å². The lowest BCUT2D eigenvalue weighted by Crippen LogP contribution is -2.40. The Balaban J connectivity index is 1.62. The minimum Gasteiger partial charge on any atom is -0.459 e. The number of furan rings is 1. The minimum atomic E-state index is -0.164. The molecule has 2 heterocycles. The van der Waals surface area contributed by atoms with Crippen LogP contribution in [0.5, 0.6) is 0 Å². The van der Waals surface area contributed by atoms with Gasteiger partial charge >= 0.3 is 0 Å². The van der Waals surface area contributed by atoms with Crippen LogP contribution in [0.1, 0.15) is 12.2 Å². The van der Waals surface area contributed by atoms with Crippen LogP contribution in [-0.2, 0) is 11.3 Å². The molecule has 2 atom stereocenters. The number of hydrogen-bond donors (Lipinski definition) is 2. The maximum absolute atomic E-state index is 12.2. The SMILES string of the molecule is CN1C[C@@H](N)C[C@H]1C(=O)NCc1ccc(-c2ccccc2Cl)o1. The number of amides is 1. The van der Waals surface area contributed by atoms with Crippen molar-refractivity contribution >= 4 is 17.5 Å². The van der Waals surface area contributed by atoms with Gasteiger partial charge in [0.25, 0.3) is 0 Å². The molecule has 1 fully saturated rings. The highest BCUT2D eigenvalue weighted by Gasteiger charge is 2.32. The Morgan fingerprint density at radius 2 is 2.17 bits per heavy atom. The maximum Gasteiger partial charge on any atom is 0.237 e. The second kappa shape index (κ2) is 6.74. The van der Waals surface area contributed by atoms with Crippen molar-refractivity contribution in [3.05, 3.63) is 47.2 Å². The summed E-state index contributed by atoms with van der Waals surface area (Å²) in [5.74, 6) is 1.37. The zero-order chi connectivity index (χ0) is 16.4.